The summed E-state index contributed by atoms with van der Waals surface area (Å²) in [5, 5.41) is 13.2. The summed E-state index contributed by atoms with van der Waals surface area (Å²) in [5.41, 5.74) is -0.967. The standard InChI is InChI=1S/C12H18N4O2S/c1-16-9-11(8-14-16)19(17,18)15-12(10-13)6-4-2-3-5-7-12/h8-9,15H,2-7H2,1H3. The SMILES string of the molecule is Cn1cc(S(=O)(=O)NC2(C#N)CCCCCC2)cn1. The van der Waals surface area contributed by atoms with Gasteiger partial charge in [-0.2, -0.15) is 15.1 Å². The molecule has 2 rings (SSSR count). The molecule has 0 bridgehead atoms. The van der Waals surface area contributed by atoms with Gasteiger partial charge in [-0.3, -0.25) is 4.68 Å². The first-order chi connectivity index (χ1) is 8.97. The third-order valence-corrected chi connectivity index (χ3v) is 4.98. The minimum Gasteiger partial charge on any atom is -0.274 e. The first-order valence-electron chi connectivity index (χ1n) is 6.41. The van der Waals surface area contributed by atoms with Crippen molar-refractivity contribution in [3.8, 4) is 6.07 Å². The second-order valence-corrected chi connectivity index (χ2v) is 6.75. The second-order valence-electron chi connectivity index (χ2n) is 5.06. The highest BCUT2D eigenvalue weighted by molar-refractivity contribution is 7.89. The molecule has 0 atom stereocenters. The minimum atomic E-state index is -3.68. The number of hydrogen-bond donors (Lipinski definition) is 1. The Hall–Kier alpha value is -1.39. The third kappa shape index (κ3) is 3.14. The summed E-state index contributed by atoms with van der Waals surface area (Å²) >= 11 is 0. The van der Waals surface area contributed by atoms with Crippen LogP contribution in [0.3, 0.4) is 0 Å². The van der Waals surface area contributed by atoms with Crippen LogP contribution in [0.15, 0.2) is 17.3 Å². The lowest BCUT2D eigenvalue weighted by atomic mass is 9.94. The van der Waals surface area contributed by atoms with Gasteiger partial charge in [0.25, 0.3) is 0 Å². The molecule has 1 N–H and O–H groups in total. The fraction of sp³-hybridized carbons (Fsp3) is 0.667. The van der Waals surface area contributed by atoms with E-state index in [1.165, 1.54) is 17.1 Å². The summed E-state index contributed by atoms with van der Waals surface area (Å²) in [6, 6.07) is 2.17. The number of rotatable bonds is 3. The Labute approximate surface area is 113 Å². The zero-order valence-electron chi connectivity index (χ0n) is 11.0. The molecule has 1 fully saturated rings. The van der Waals surface area contributed by atoms with Crippen LogP contribution in [0.25, 0.3) is 0 Å². The molecule has 0 aliphatic heterocycles. The van der Waals surface area contributed by atoms with Crippen LogP contribution in [0, 0.1) is 11.3 Å². The summed E-state index contributed by atoms with van der Waals surface area (Å²) in [4.78, 5) is 0.105. The van der Waals surface area contributed by atoms with Crippen molar-refractivity contribution in [2.75, 3.05) is 0 Å². The van der Waals surface area contributed by atoms with E-state index in [9.17, 15) is 13.7 Å². The van der Waals surface area contributed by atoms with Crippen molar-refractivity contribution in [2.45, 2.75) is 49.0 Å². The van der Waals surface area contributed by atoms with Crippen molar-refractivity contribution in [1.82, 2.24) is 14.5 Å². The van der Waals surface area contributed by atoms with Gasteiger partial charge in [0.1, 0.15) is 10.4 Å². The Bertz CT molecular complexity index is 577. The van der Waals surface area contributed by atoms with E-state index in [2.05, 4.69) is 15.9 Å². The van der Waals surface area contributed by atoms with E-state index in [0.29, 0.717) is 12.8 Å². The largest absolute Gasteiger partial charge is 0.274 e. The van der Waals surface area contributed by atoms with E-state index >= 15 is 0 Å². The summed E-state index contributed by atoms with van der Waals surface area (Å²) in [7, 11) is -2.02. The van der Waals surface area contributed by atoms with Crippen molar-refractivity contribution in [1.29, 1.82) is 5.26 Å². The average molecular weight is 282 g/mol. The van der Waals surface area contributed by atoms with Gasteiger partial charge >= 0.3 is 0 Å². The van der Waals surface area contributed by atoms with E-state index in [0.717, 1.165) is 25.7 Å². The summed E-state index contributed by atoms with van der Waals surface area (Å²) in [6.45, 7) is 0. The molecular formula is C12H18N4O2S. The van der Waals surface area contributed by atoms with Crippen LogP contribution in [-0.2, 0) is 17.1 Å². The van der Waals surface area contributed by atoms with Crippen LogP contribution < -0.4 is 4.72 Å². The van der Waals surface area contributed by atoms with Gasteiger partial charge < -0.3 is 0 Å². The van der Waals surface area contributed by atoms with Crippen molar-refractivity contribution in [2.24, 2.45) is 7.05 Å². The molecule has 0 radical (unpaired) electrons. The van der Waals surface area contributed by atoms with Crippen LogP contribution in [0.5, 0.6) is 0 Å². The van der Waals surface area contributed by atoms with Crippen LogP contribution in [0.2, 0.25) is 0 Å². The molecule has 7 heteroatoms. The Morgan fingerprint density at radius 1 is 1.37 bits per heavy atom. The van der Waals surface area contributed by atoms with Gasteiger partial charge in [-0.15, -0.1) is 0 Å². The maximum absolute atomic E-state index is 12.3. The molecule has 0 saturated heterocycles. The predicted molar refractivity (Wildman–Crippen MR) is 69.6 cm³/mol. The summed E-state index contributed by atoms with van der Waals surface area (Å²) in [6.07, 6.45) is 7.74. The highest BCUT2D eigenvalue weighted by Crippen LogP contribution is 2.28. The maximum Gasteiger partial charge on any atom is 0.245 e. The lowest BCUT2D eigenvalue weighted by Gasteiger charge is -2.25. The molecule has 0 unspecified atom stereocenters. The number of sulfonamides is 1. The summed E-state index contributed by atoms with van der Waals surface area (Å²) < 4.78 is 28.6. The van der Waals surface area contributed by atoms with Crippen LogP contribution in [0.4, 0.5) is 0 Å². The Morgan fingerprint density at radius 2 is 2.00 bits per heavy atom. The molecule has 104 valence electrons. The first-order valence-corrected chi connectivity index (χ1v) is 7.90. The highest BCUT2D eigenvalue weighted by Gasteiger charge is 2.36. The van der Waals surface area contributed by atoms with Gasteiger partial charge in [0.05, 0.1) is 12.3 Å². The lowest BCUT2D eigenvalue weighted by molar-refractivity contribution is 0.422. The Morgan fingerprint density at radius 3 is 2.47 bits per heavy atom. The van der Waals surface area contributed by atoms with E-state index in [4.69, 9.17) is 0 Å². The van der Waals surface area contributed by atoms with Crippen LogP contribution in [-0.4, -0.2) is 23.7 Å². The topological polar surface area (TPSA) is 87.8 Å². The monoisotopic (exact) mass is 282 g/mol. The van der Waals surface area contributed by atoms with E-state index in [1.807, 2.05) is 0 Å². The van der Waals surface area contributed by atoms with Gasteiger partial charge in [-0.25, -0.2) is 8.42 Å². The zero-order valence-corrected chi connectivity index (χ0v) is 11.8. The fourth-order valence-electron chi connectivity index (χ4n) is 2.42. The molecule has 1 aliphatic rings. The van der Waals surface area contributed by atoms with Crippen LogP contribution >= 0.6 is 0 Å². The maximum atomic E-state index is 12.3. The van der Waals surface area contributed by atoms with Crippen molar-refractivity contribution in [3.05, 3.63) is 12.4 Å². The summed E-state index contributed by atoms with van der Waals surface area (Å²) in [5.74, 6) is 0. The normalized spacial score (nSPS) is 19.6. The second kappa shape index (κ2) is 5.31. The Kier molecular flexibility index (Phi) is 3.92. The highest BCUT2D eigenvalue weighted by atomic mass is 32.2. The van der Waals surface area contributed by atoms with Crippen molar-refractivity contribution >= 4 is 10.0 Å². The molecule has 6 nitrogen and oxygen atoms in total. The smallest absolute Gasteiger partial charge is 0.245 e. The first kappa shape index (κ1) is 14.0. The quantitative estimate of drug-likeness (QED) is 0.847. The average Bonchev–Trinajstić information content (AvgIpc) is 2.68. The number of nitrogens with zero attached hydrogens (tertiary/aromatic N) is 3. The molecule has 0 amide bonds. The van der Waals surface area contributed by atoms with Crippen LogP contribution in [0.1, 0.15) is 38.5 Å². The molecule has 0 aromatic carbocycles. The van der Waals surface area contributed by atoms with Gasteiger partial charge in [0.2, 0.25) is 10.0 Å². The van der Waals surface area contributed by atoms with E-state index in [1.54, 1.807) is 7.05 Å². The number of aryl methyl sites for hydroxylation is 1. The molecule has 1 aromatic rings. The zero-order chi connectivity index (χ0) is 13.9. The van der Waals surface area contributed by atoms with Gasteiger partial charge in [-0.05, 0) is 12.8 Å². The molecule has 19 heavy (non-hydrogen) atoms. The van der Waals surface area contributed by atoms with Gasteiger partial charge in [0, 0.05) is 13.2 Å². The van der Waals surface area contributed by atoms with Gasteiger partial charge in [0.15, 0.2) is 0 Å². The lowest BCUT2D eigenvalue weighted by Crippen LogP contribution is -2.46. The van der Waals surface area contributed by atoms with E-state index < -0.39 is 15.6 Å². The Balaban J connectivity index is 2.24. The molecule has 1 aliphatic carbocycles. The molecule has 1 aromatic heterocycles. The number of nitrogens with one attached hydrogen (secondary N) is 1. The number of aromatic nitrogens is 2. The predicted octanol–water partition coefficient (Wildman–Crippen LogP) is 1.31. The number of hydrogen-bond acceptors (Lipinski definition) is 4. The molecular weight excluding hydrogens is 264 g/mol. The van der Waals surface area contributed by atoms with Crippen molar-refractivity contribution < 1.29 is 8.42 Å². The molecule has 0 spiro atoms. The minimum absolute atomic E-state index is 0.105. The van der Waals surface area contributed by atoms with Crippen molar-refractivity contribution in [3.63, 3.8) is 0 Å². The number of nitriles is 1. The van der Waals surface area contributed by atoms with Gasteiger partial charge in [-0.1, -0.05) is 25.7 Å². The molecule has 1 saturated carbocycles. The van der Waals surface area contributed by atoms with E-state index in [-0.39, 0.29) is 4.90 Å². The third-order valence-electron chi connectivity index (χ3n) is 3.49. The molecule has 1 heterocycles. The fourth-order valence-corrected chi connectivity index (χ4v) is 3.78.